The SMILES string of the molecule is CCCCCCC[C@@H](SC)[C@H](CC)SC. The van der Waals surface area contributed by atoms with Gasteiger partial charge in [0.15, 0.2) is 0 Å². The Morgan fingerprint density at radius 2 is 1.40 bits per heavy atom. The zero-order chi connectivity index (χ0) is 11.5. The van der Waals surface area contributed by atoms with Crippen molar-refractivity contribution < 1.29 is 0 Å². The molecule has 0 aromatic rings. The van der Waals surface area contributed by atoms with E-state index in [4.69, 9.17) is 0 Å². The highest BCUT2D eigenvalue weighted by molar-refractivity contribution is 8.03. The van der Waals surface area contributed by atoms with Crippen LogP contribution in [0.4, 0.5) is 0 Å². The highest BCUT2D eigenvalue weighted by Crippen LogP contribution is 2.28. The predicted octanol–water partition coefficient (Wildman–Crippen LogP) is 5.22. The molecule has 0 aliphatic heterocycles. The van der Waals surface area contributed by atoms with Crippen LogP contribution in [0.25, 0.3) is 0 Å². The fraction of sp³-hybridized carbons (Fsp3) is 1.00. The molecule has 0 nitrogen and oxygen atoms in total. The Balaban J connectivity index is 3.60. The number of rotatable bonds is 10. The molecule has 0 bridgehead atoms. The summed E-state index contributed by atoms with van der Waals surface area (Å²) in [6, 6.07) is 0. The Kier molecular flexibility index (Phi) is 11.7. The van der Waals surface area contributed by atoms with Gasteiger partial charge in [0.2, 0.25) is 0 Å². The van der Waals surface area contributed by atoms with E-state index in [2.05, 4.69) is 49.9 Å². The van der Waals surface area contributed by atoms with Crippen molar-refractivity contribution in [2.45, 2.75) is 69.3 Å². The summed E-state index contributed by atoms with van der Waals surface area (Å²) in [7, 11) is 0. The second-order valence-corrected chi connectivity index (χ2v) is 6.31. The molecule has 0 amide bonds. The van der Waals surface area contributed by atoms with Gasteiger partial charge in [-0.25, -0.2) is 0 Å². The van der Waals surface area contributed by atoms with Crippen molar-refractivity contribution in [3.05, 3.63) is 0 Å². The lowest BCUT2D eigenvalue weighted by Crippen LogP contribution is -2.18. The smallest absolute Gasteiger partial charge is 0.0163 e. The van der Waals surface area contributed by atoms with Gasteiger partial charge < -0.3 is 0 Å². The molecule has 92 valence electrons. The molecule has 0 aromatic heterocycles. The molecular weight excluding hydrogens is 220 g/mol. The lowest BCUT2D eigenvalue weighted by molar-refractivity contribution is 0.586. The third-order valence-corrected chi connectivity index (χ3v) is 5.62. The Bertz CT molecular complexity index is 122. The lowest BCUT2D eigenvalue weighted by Gasteiger charge is -2.22. The van der Waals surface area contributed by atoms with E-state index >= 15 is 0 Å². The molecule has 2 atom stereocenters. The summed E-state index contributed by atoms with van der Waals surface area (Å²) in [4.78, 5) is 0. The first-order valence-corrected chi connectivity index (χ1v) is 8.93. The van der Waals surface area contributed by atoms with Gasteiger partial charge in [0.1, 0.15) is 0 Å². The van der Waals surface area contributed by atoms with Crippen LogP contribution in [0, 0.1) is 0 Å². The third-order valence-electron chi connectivity index (χ3n) is 3.01. The summed E-state index contributed by atoms with van der Waals surface area (Å²) in [5, 5.41) is 1.75. The molecule has 0 rings (SSSR count). The summed E-state index contributed by atoms with van der Waals surface area (Å²) >= 11 is 4.12. The minimum Gasteiger partial charge on any atom is -0.161 e. The van der Waals surface area contributed by atoms with E-state index in [1.54, 1.807) is 0 Å². The van der Waals surface area contributed by atoms with Crippen LogP contribution in [0.3, 0.4) is 0 Å². The molecule has 0 N–H and O–H groups in total. The van der Waals surface area contributed by atoms with E-state index in [9.17, 15) is 0 Å². The summed E-state index contributed by atoms with van der Waals surface area (Å²) in [5.74, 6) is 0. The van der Waals surface area contributed by atoms with Gasteiger partial charge in [-0.05, 0) is 25.4 Å². The topological polar surface area (TPSA) is 0 Å². The van der Waals surface area contributed by atoms with Crippen molar-refractivity contribution in [3.8, 4) is 0 Å². The van der Waals surface area contributed by atoms with Gasteiger partial charge in [-0.3, -0.25) is 0 Å². The fourth-order valence-electron chi connectivity index (χ4n) is 1.99. The molecule has 0 fully saturated rings. The van der Waals surface area contributed by atoms with Gasteiger partial charge in [0, 0.05) is 10.5 Å². The number of hydrogen-bond acceptors (Lipinski definition) is 2. The summed E-state index contributed by atoms with van der Waals surface area (Å²) < 4.78 is 0. The monoisotopic (exact) mass is 248 g/mol. The summed E-state index contributed by atoms with van der Waals surface area (Å²) in [6.45, 7) is 4.60. The fourth-order valence-corrected chi connectivity index (χ4v) is 4.32. The molecule has 0 radical (unpaired) electrons. The highest BCUT2D eigenvalue weighted by atomic mass is 32.2. The molecule has 0 aliphatic rings. The molecule has 2 heteroatoms. The number of thioether (sulfide) groups is 2. The van der Waals surface area contributed by atoms with Crippen LogP contribution >= 0.6 is 23.5 Å². The van der Waals surface area contributed by atoms with E-state index in [0.717, 1.165) is 10.5 Å². The first-order chi connectivity index (χ1) is 7.29. The van der Waals surface area contributed by atoms with Crippen molar-refractivity contribution in [1.82, 2.24) is 0 Å². The first kappa shape index (κ1) is 15.7. The van der Waals surface area contributed by atoms with Crippen molar-refractivity contribution in [3.63, 3.8) is 0 Å². The maximum atomic E-state index is 2.32. The Labute approximate surface area is 105 Å². The van der Waals surface area contributed by atoms with E-state index in [1.165, 1.54) is 44.9 Å². The average Bonchev–Trinajstić information content (AvgIpc) is 2.27. The van der Waals surface area contributed by atoms with Gasteiger partial charge in [0.25, 0.3) is 0 Å². The van der Waals surface area contributed by atoms with E-state index in [1.807, 2.05) is 0 Å². The molecular formula is C13H28S2. The minimum absolute atomic E-state index is 0.867. The van der Waals surface area contributed by atoms with Crippen LogP contribution in [0.1, 0.15) is 58.8 Å². The summed E-state index contributed by atoms with van der Waals surface area (Å²) in [6.07, 6.45) is 14.4. The van der Waals surface area contributed by atoms with E-state index in [0.29, 0.717) is 0 Å². The molecule has 0 heterocycles. The summed E-state index contributed by atoms with van der Waals surface area (Å²) in [5.41, 5.74) is 0. The molecule has 0 saturated carbocycles. The number of hydrogen-bond donors (Lipinski definition) is 0. The van der Waals surface area contributed by atoms with Gasteiger partial charge in [0.05, 0.1) is 0 Å². The minimum atomic E-state index is 0.867. The van der Waals surface area contributed by atoms with Gasteiger partial charge >= 0.3 is 0 Å². The zero-order valence-electron chi connectivity index (χ0n) is 10.9. The van der Waals surface area contributed by atoms with Crippen molar-refractivity contribution in [1.29, 1.82) is 0 Å². The second-order valence-electron chi connectivity index (χ2n) is 4.16. The normalized spacial score (nSPS) is 15.2. The number of unbranched alkanes of at least 4 members (excludes halogenated alkanes) is 4. The molecule has 0 aliphatic carbocycles. The molecule has 0 aromatic carbocycles. The van der Waals surface area contributed by atoms with Crippen molar-refractivity contribution in [2.24, 2.45) is 0 Å². The van der Waals surface area contributed by atoms with Gasteiger partial charge in [-0.15, -0.1) is 0 Å². The largest absolute Gasteiger partial charge is 0.161 e. The Hall–Kier alpha value is 0.700. The zero-order valence-corrected chi connectivity index (χ0v) is 12.6. The third kappa shape index (κ3) is 7.57. The van der Waals surface area contributed by atoms with Gasteiger partial charge in [-0.2, -0.15) is 23.5 Å². The maximum Gasteiger partial charge on any atom is 0.0163 e. The van der Waals surface area contributed by atoms with E-state index < -0.39 is 0 Å². The second kappa shape index (κ2) is 11.2. The van der Waals surface area contributed by atoms with Crippen LogP contribution in [0.15, 0.2) is 0 Å². The van der Waals surface area contributed by atoms with Crippen LogP contribution < -0.4 is 0 Å². The maximum absolute atomic E-state index is 2.32. The molecule has 15 heavy (non-hydrogen) atoms. The predicted molar refractivity (Wildman–Crippen MR) is 78.3 cm³/mol. The molecule has 0 spiro atoms. The Morgan fingerprint density at radius 1 is 0.800 bits per heavy atom. The van der Waals surface area contributed by atoms with Gasteiger partial charge in [-0.1, -0.05) is 46.0 Å². The highest BCUT2D eigenvalue weighted by Gasteiger charge is 2.17. The Morgan fingerprint density at radius 3 is 1.87 bits per heavy atom. The van der Waals surface area contributed by atoms with Crippen LogP contribution in [-0.4, -0.2) is 23.0 Å². The average molecular weight is 249 g/mol. The molecule has 0 unspecified atom stereocenters. The molecule has 0 saturated heterocycles. The van der Waals surface area contributed by atoms with Crippen LogP contribution in [-0.2, 0) is 0 Å². The van der Waals surface area contributed by atoms with Crippen molar-refractivity contribution >= 4 is 23.5 Å². The quantitative estimate of drug-likeness (QED) is 0.486. The standard InChI is InChI=1S/C13H28S2/c1-5-7-8-9-10-11-13(15-4)12(6-2)14-3/h12-13H,5-11H2,1-4H3/t12-,13+/m0/s1. The lowest BCUT2D eigenvalue weighted by atomic mass is 10.1. The first-order valence-electron chi connectivity index (χ1n) is 6.35. The van der Waals surface area contributed by atoms with Crippen LogP contribution in [0.2, 0.25) is 0 Å². The van der Waals surface area contributed by atoms with Crippen LogP contribution in [0.5, 0.6) is 0 Å². The van der Waals surface area contributed by atoms with E-state index in [-0.39, 0.29) is 0 Å². The van der Waals surface area contributed by atoms with Crippen molar-refractivity contribution in [2.75, 3.05) is 12.5 Å².